The molecular weight excluding hydrogens is 242 g/mol. The quantitative estimate of drug-likeness (QED) is 0.617. The summed E-state index contributed by atoms with van der Waals surface area (Å²) in [4.78, 5) is 26.6. The summed E-state index contributed by atoms with van der Waals surface area (Å²) in [5.41, 5.74) is 1.30. The summed E-state index contributed by atoms with van der Waals surface area (Å²) in [6.07, 6.45) is -3.95. The molecule has 0 bridgehead atoms. The Labute approximate surface area is 101 Å². The smallest absolute Gasteiger partial charge is 0.296 e. The SMILES string of the molecule is Cn1c(C(=O)CC(=O)C(F)F)nc2ccccc21. The topological polar surface area (TPSA) is 52.0 Å². The maximum Gasteiger partial charge on any atom is 0.296 e. The molecule has 2 rings (SSSR count). The highest BCUT2D eigenvalue weighted by atomic mass is 19.3. The number of Topliss-reactive ketones (excluding diaryl/α,β-unsaturated/α-hetero) is 2. The summed E-state index contributed by atoms with van der Waals surface area (Å²) in [5, 5.41) is 0. The van der Waals surface area contributed by atoms with E-state index in [9.17, 15) is 18.4 Å². The first-order chi connectivity index (χ1) is 8.50. The van der Waals surface area contributed by atoms with Gasteiger partial charge in [-0.2, -0.15) is 0 Å². The van der Waals surface area contributed by atoms with Crippen LogP contribution in [0.1, 0.15) is 17.0 Å². The van der Waals surface area contributed by atoms with Crippen LogP contribution in [0.15, 0.2) is 24.3 Å². The molecule has 2 aromatic rings. The number of nitrogens with zero attached hydrogens (tertiary/aromatic N) is 2. The number of hydrogen-bond acceptors (Lipinski definition) is 3. The van der Waals surface area contributed by atoms with Crippen LogP contribution in [0.2, 0.25) is 0 Å². The van der Waals surface area contributed by atoms with Gasteiger partial charge >= 0.3 is 0 Å². The molecule has 94 valence electrons. The van der Waals surface area contributed by atoms with Crippen molar-refractivity contribution >= 4 is 22.6 Å². The van der Waals surface area contributed by atoms with E-state index in [0.29, 0.717) is 11.0 Å². The van der Waals surface area contributed by atoms with Crippen molar-refractivity contribution in [3.63, 3.8) is 0 Å². The number of carbonyl (C=O) groups excluding carboxylic acids is 2. The number of ketones is 2. The third-order valence-corrected chi connectivity index (χ3v) is 2.61. The van der Waals surface area contributed by atoms with Crippen LogP contribution in [0.5, 0.6) is 0 Å². The second-order valence-corrected chi connectivity index (χ2v) is 3.85. The van der Waals surface area contributed by atoms with Gasteiger partial charge in [0.25, 0.3) is 6.43 Å². The average molecular weight is 252 g/mol. The highest BCUT2D eigenvalue weighted by Gasteiger charge is 2.23. The van der Waals surface area contributed by atoms with Crippen molar-refractivity contribution < 1.29 is 18.4 Å². The van der Waals surface area contributed by atoms with Crippen LogP contribution in [-0.4, -0.2) is 27.5 Å². The third kappa shape index (κ3) is 2.13. The molecule has 0 N–H and O–H groups in total. The van der Waals surface area contributed by atoms with Crippen LogP contribution in [0.4, 0.5) is 8.78 Å². The Balaban J connectivity index is 2.34. The number of para-hydroxylation sites is 2. The van der Waals surface area contributed by atoms with E-state index in [2.05, 4.69) is 4.98 Å². The Morgan fingerprint density at radius 1 is 1.33 bits per heavy atom. The lowest BCUT2D eigenvalue weighted by Crippen LogP contribution is -2.17. The largest absolute Gasteiger partial charge is 0.325 e. The monoisotopic (exact) mass is 252 g/mol. The molecule has 4 nitrogen and oxygen atoms in total. The number of aromatic nitrogens is 2. The fourth-order valence-electron chi connectivity index (χ4n) is 1.71. The zero-order valence-corrected chi connectivity index (χ0v) is 9.56. The fraction of sp³-hybridized carbons (Fsp3) is 0.250. The minimum Gasteiger partial charge on any atom is -0.325 e. The van der Waals surface area contributed by atoms with Crippen LogP contribution in [-0.2, 0) is 11.8 Å². The van der Waals surface area contributed by atoms with Crippen molar-refractivity contribution in [3.8, 4) is 0 Å². The average Bonchev–Trinajstić information content (AvgIpc) is 2.67. The zero-order chi connectivity index (χ0) is 13.3. The highest BCUT2D eigenvalue weighted by Crippen LogP contribution is 2.15. The van der Waals surface area contributed by atoms with Gasteiger partial charge in [-0.1, -0.05) is 12.1 Å². The first-order valence-electron chi connectivity index (χ1n) is 5.26. The minimum atomic E-state index is -3.12. The Morgan fingerprint density at radius 3 is 2.61 bits per heavy atom. The van der Waals surface area contributed by atoms with Crippen molar-refractivity contribution in [2.45, 2.75) is 12.8 Å². The normalized spacial score (nSPS) is 11.1. The summed E-state index contributed by atoms with van der Waals surface area (Å²) < 4.78 is 25.7. The molecule has 0 radical (unpaired) electrons. The molecule has 1 aromatic heterocycles. The van der Waals surface area contributed by atoms with Gasteiger partial charge in [-0.25, -0.2) is 13.8 Å². The summed E-state index contributed by atoms with van der Waals surface area (Å²) >= 11 is 0. The van der Waals surface area contributed by atoms with E-state index in [4.69, 9.17) is 0 Å². The molecule has 0 spiro atoms. The molecule has 0 aliphatic heterocycles. The van der Waals surface area contributed by atoms with Crippen molar-refractivity contribution in [2.24, 2.45) is 7.05 Å². The number of halogens is 2. The lowest BCUT2D eigenvalue weighted by Gasteiger charge is -2.00. The molecule has 1 heterocycles. The van der Waals surface area contributed by atoms with Crippen molar-refractivity contribution in [3.05, 3.63) is 30.1 Å². The molecule has 0 atom stereocenters. The van der Waals surface area contributed by atoms with Crippen LogP contribution >= 0.6 is 0 Å². The van der Waals surface area contributed by atoms with E-state index in [1.54, 1.807) is 31.3 Å². The molecule has 0 aliphatic rings. The van der Waals surface area contributed by atoms with Crippen molar-refractivity contribution in [2.75, 3.05) is 0 Å². The number of carbonyl (C=O) groups is 2. The van der Waals surface area contributed by atoms with Crippen molar-refractivity contribution in [1.29, 1.82) is 0 Å². The lowest BCUT2D eigenvalue weighted by atomic mass is 10.2. The van der Waals surface area contributed by atoms with Crippen LogP contribution in [0.3, 0.4) is 0 Å². The molecule has 6 heteroatoms. The molecule has 0 saturated heterocycles. The third-order valence-electron chi connectivity index (χ3n) is 2.61. The predicted molar refractivity (Wildman–Crippen MR) is 60.7 cm³/mol. The number of aryl methyl sites for hydroxylation is 1. The second kappa shape index (κ2) is 4.64. The summed E-state index contributed by atoms with van der Waals surface area (Å²) in [6.45, 7) is 0. The molecule has 0 aliphatic carbocycles. The number of fused-ring (bicyclic) bond motifs is 1. The van der Waals surface area contributed by atoms with Gasteiger partial charge in [0.2, 0.25) is 11.6 Å². The Hall–Kier alpha value is -2.11. The number of benzene rings is 1. The maximum absolute atomic E-state index is 12.1. The van der Waals surface area contributed by atoms with E-state index in [-0.39, 0.29) is 5.82 Å². The fourth-order valence-corrected chi connectivity index (χ4v) is 1.71. The molecule has 18 heavy (non-hydrogen) atoms. The van der Waals surface area contributed by atoms with Crippen molar-refractivity contribution in [1.82, 2.24) is 9.55 Å². The first kappa shape index (κ1) is 12.3. The Kier molecular flexibility index (Phi) is 3.18. The lowest BCUT2D eigenvalue weighted by molar-refractivity contribution is -0.128. The highest BCUT2D eigenvalue weighted by molar-refractivity contribution is 6.08. The maximum atomic E-state index is 12.1. The minimum absolute atomic E-state index is 0.0187. The molecule has 1 aromatic carbocycles. The number of hydrogen-bond donors (Lipinski definition) is 0. The molecule has 0 amide bonds. The van der Waals surface area contributed by atoms with Crippen LogP contribution < -0.4 is 0 Å². The Bertz CT molecular complexity index is 620. The van der Waals surface area contributed by atoms with E-state index in [1.807, 2.05) is 0 Å². The Morgan fingerprint density at radius 2 is 2.00 bits per heavy atom. The molecule has 0 unspecified atom stereocenters. The molecule has 0 saturated carbocycles. The van der Waals surface area contributed by atoms with E-state index < -0.39 is 24.4 Å². The van der Waals surface area contributed by atoms with Gasteiger partial charge in [-0.3, -0.25) is 9.59 Å². The molecular formula is C12H10F2N2O2. The summed E-state index contributed by atoms with van der Waals surface area (Å²) in [7, 11) is 1.61. The standard InChI is InChI=1S/C12H10F2N2O2/c1-16-8-5-3-2-4-7(8)15-12(16)10(18)6-9(17)11(13)14/h2-5,11H,6H2,1H3. The van der Waals surface area contributed by atoms with Gasteiger partial charge in [-0.15, -0.1) is 0 Å². The van der Waals surface area contributed by atoms with Crippen LogP contribution in [0.25, 0.3) is 11.0 Å². The summed E-state index contributed by atoms with van der Waals surface area (Å²) in [6, 6.07) is 7.01. The van der Waals surface area contributed by atoms with Crippen LogP contribution in [0, 0.1) is 0 Å². The molecule has 0 fully saturated rings. The number of rotatable bonds is 4. The van der Waals surface area contributed by atoms with Gasteiger partial charge in [0.05, 0.1) is 17.5 Å². The summed E-state index contributed by atoms with van der Waals surface area (Å²) in [5.74, 6) is -2.06. The number of imidazole rings is 1. The second-order valence-electron chi connectivity index (χ2n) is 3.85. The zero-order valence-electron chi connectivity index (χ0n) is 9.56. The number of alkyl halides is 2. The van der Waals surface area contributed by atoms with E-state index in [1.165, 1.54) is 4.57 Å². The van der Waals surface area contributed by atoms with Gasteiger partial charge in [0, 0.05) is 7.05 Å². The first-order valence-corrected chi connectivity index (χ1v) is 5.26. The predicted octanol–water partition coefficient (Wildman–Crippen LogP) is 1.98. The van der Waals surface area contributed by atoms with E-state index >= 15 is 0 Å². The van der Waals surface area contributed by atoms with Gasteiger partial charge in [-0.05, 0) is 12.1 Å². The van der Waals surface area contributed by atoms with E-state index in [0.717, 1.165) is 0 Å². The van der Waals surface area contributed by atoms with Gasteiger partial charge < -0.3 is 4.57 Å². The van der Waals surface area contributed by atoms with Gasteiger partial charge in [0.1, 0.15) is 0 Å². The van der Waals surface area contributed by atoms with Gasteiger partial charge in [0.15, 0.2) is 5.82 Å².